The van der Waals surface area contributed by atoms with Gasteiger partial charge in [0.05, 0.1) is 0 Å². The SMILES string of the molecule is Cl.O=C(c1ccc(Oc2cccc(Cl)c2)cc1)N1CCC(N2CCNCC2)C1. The summed E-state index contributed by atoms with van der Waals surface area (Å²) >= 11 is 5.98. The molecule has 28 heavy (non-hydrogen) atoms. The second kappa shape index (κ2) is 9.61. The molecule has 0 aromatic heterocycles. The van der Waals surface area contributed by atoms with Gasteiger partial charge in [-0.2, -0.15) is 0 Å². The monoisotopic (exact) mass is 421 g/mol. The number of hydrogen-bond donors (Lipinski definition) is 1. The number of likely N-dealkylation sites (tertiary alicyclic amines) is 1. The summed E-state index contributed by atoms with van der Waals surface area (Å²) in [5, 5.41) is 4.01. The van der Waals surface area contributed by atoms with E-state index in [9.17, 15) is 4.79 Å². The molecule has 0 radical (unpaired) electrons. The number of nitrogens with one attached hydrogen (secondary N) is 1. The van der Waals surface area contributed by atoms with Gasteiger partial charge in [-0.05, 0) is 48.9 Å². The van der Waals surface area contributed by atoms with Crippen LogP contribution in [0.25, 0.3) is 0 Å². The molecule has 0 bridgehead atoms. The molecule has 7 heteroatoms. The van der Waals surface area contributed by atoms with Gasteiger partial charge in [-0.3, -0.25) is 9.69 Å². The summed E-state index contributed by atoms with van der Waals surface area (Å²) in [7, 11) is 0. The van der Waals surface area contributed by atoms with Crippen molar-refractivity contribution in [1.82, 2.24) is 15.1 Å². The van der Waals surface area contributed by atoms with Crippen molar-refractivity contribution in [1.29, 1.82) is 0 Å². The Hall–Kier alpha value is -1.79. The summed E-state index contributed by atoms with van der Waals surface area (Å²) in [4.78, 5) is 17.3. The summed E-state index contributed by atoms with van der Waals surface area (Å²) in [6, 6.07) is 15.1. The lowest BCUT2D eigenvalue weighted by Crippen LogP contribution is -2.49. The lowest BCUT2D eigenvalue weighted by atomic mass is 10.2. The average Bonchev–Trinajstić information content (AvgIpc) is 3.19. The Morgan fingerprint density at radius 1 is 1.04 bits per heavy atom. The predicted octanol–water partition coefficient (Wildman–Crippen LogP) is 3.67. The molecule has 5 nitrogen and oxygen atoms in total. The second-order valence-electron chi connectivity index (χ2n) is 7.06. The van der Waals surface area contributed by atoms with Crippen molar-refractivity contribution in [2.75, 3.05) is 39.3 Å². The zero-order valence-electron chi connectivity index (χ0n) is 15.6. The molecule has 1 N–H and O–H groups in total. The third kappa shape index (κ3) is 4.97. The van der Waals surface area contributed by atoms with Crippen LogP contribution in [0.4, 0.5) is 0 Å². The Labute approximate surface area is 177 Å². The molecule has 2 fully saturated rings. The van der Waals surface area contributed by atoms with Gasteiger partial charge < -0.3 is 15.0 Å². The van der Waals surface area contributed by atoms with Gasteiger partial charge in [0, 0.05) is 55.9 Å². The third-order valence-electron chi connectivity index (χ3n) is 5.25. The summed E-state index contributed by atoms with van der Waals surface area (Å²) in [5.41, 5.74) is 0.703. The number of benzene rings is 2. The number of hydrogen-bond acceptors (Lipinski definition) is 4. The van der Waals surface area contributed by atoms with Crippen LogP contribution < -0.4 is 10.1 Å². The first-order chi connectivity index (χ1) is 13.2. The smallest absolute Gasteiger partial charge is 0.253 e. The van der Waals surface area contributed by atoms with Gasteiger partial charge in [0.15, 0.2) is 0 Å². The van der Waals surface area contributed by atoms with Gasteiger partial charge in [-0.1, -0.05) is 17.7 Å². The first-order valence-corrected chi connectivity index (χ1v) is 9.84. The largest absolute Gasteiger partial charge is 0.457 e. The van der Waals surface area contributed by atoms with E-state index in [1.165, 1.54) is 0 Å². The third-order valence-corrected chi connectivity index (χ3v) is 5.49. The van der Waals surface area contributed by atoms with E-state index in [0.29, 0.717) is 28.1 Å². The molecule has 4 rings (SSSR count). The minimum Gasteiger partial charge on any atom is -0.457 e. The summed E-state index contributed by atoms with van der Waals surface area (Å²) in [6.07, 6.45) is 1.06. The molecule has 2 saturated heterocycles. The van der Waals surface area contributed by atoms with Crippen molar-refractivity contribution in [2.24, 2.45) is 0 Å². The maximum Gasteiger partial charge on any atom is 0.253 e. The van der Waals surface area contributed by atoms with Crippen LogP contribution in [0.1, 0.15) is 16.8 Å². The lowest BCUT2D eigenvalue weighted by Gasteiger charge is -2.32. The highest BCUT2D eigenvalue weighted by Crippen LogP contribution is 2.25. The fraction of sp³-hybridized carbons (Fsp3) is 0.381. The van der Waals surface area contributed by atoms with Crippen LogP contribution in [0.2, 0.25) is 5.02 Å². The molecule has 1 unspecified atom stereocenters. The molecular formula is C21H25Cl2N3O2. The molecule has 2 aromatic rings. The van der Waals surface area contributed by atoms with Crippen molar-refractivity contribution in [3.63, 3.8) is 0 Å². The zero-order valence-corrected chi connectivity index (χ0v) is 17.2. The molecule has 2 aromatic carbocycles. The number of halogens is 2. The van der Waals surface area contributed by atoms with Gasteiger partial charge in [0.1, 0.15) is 11.5 Å². The van der Waals surface area contributed by atoms with Crippen molar-refractivity contribution in [3.8, 4) is 11.5 Å². The van der Waals surface area contributed by atoms with Gasteiger partial charge in [0.2, 0.25) is 0 Å². The second-order valence-corrected chi connectivity index (χ2v) is 7.50. The average molecular weight is 422 g/mol. The van der Waals surface area contributed by atoms with Crippen LogP contribution in [0.15, 0.2) is 48.5 Å². The molecule has 2 aliphatic heterocycles. The van der Waals surface area contributed by atoms with Gasteiger partial charge in [0.25, 0.3) is 5.91 Å². The number of rotatable bonds is 4. The van der Waals surface area contributed by atoms with E-state index < -0.39 is 0 Å². The Balaban J connectivity index is 0.00000225. The summed E-state index contributed by atoms with van der Waals surface area (Å²) < 4.78 is 5.79. The van der Waals surface area contributed by atoms with Crippen molar-refractivity contribution in [3.05, 3.63) is 59.1 Å². The summed E-state index contributed by atoms with van der Waals surface area (Å²) in [6.45, 7) is 5.87. The van der Waals surface area contributed by atoms with E-state index >= 15 is 0 Å². The van der Waals surface area contributed by atoms with E-state index in [2.05, 4.69) is 10.2 Å². The molecule has 0 saturated carbocycles. The number of carbonyl (C=O) groups excluding carboxylic acids is 1. The van der Waals surface area contributed by atoms with Gasteiger partial charge in [-0.25, -0.2) is 0 Å². The van der Waals surface area contributed by atoms with E-state index in [1.807, 2.05) is 41.3 Å². The Morgan fingerprint density at radius 3 is 2.50 bits per heavy atom. The van der Waals surface area contributed by atoms with Gasteiger partial charge in [-0.15, -0.1) is 12.4 Å². The molecule has 1 amide bonds. The number of ether oxygens (including phenoxy) is 1. The van der Waals surface area contributed by atoms with Gasteiger partial charge >= 0.3 is 0 Å². The summed E-state index contributed by atoms with van der Waals surface area (Å²) in [5.74, 6) is 1.47. The molecule has 2 heterocycles. The minimum absolute atomic E-state index is 0. The van der Waals surface area contributed by atoms with E-state index in [4.69, 9.17) is 16.3 Å². The number of nitrogens with zero attached hydrogens (tertiary/aromatic N) is 2. The normalized spacial score (nSPS) is 19.9. The maximum absolute atomic E-state index is 12.8. The van der Waals surface area contributed by atoms with Crippen LogP contribution in [0.5, 0.6) is 11.5 Å². The number of piperazine rings is 1. The Bertz CT molecular complexity index is 794. The maximum atomic E-state index is 12.8. The Kier molecular flexibility index (Phi) is 7.18. The minimum atomic E-state index is 0. The lowest BCUT2D eigenvalue weighted by molar-refractivity contribution is 0.0773. The topological polar surface area (TPSA) is 44.8 Å². The highest BCUT2D eigenvalue weighted by molar-refractivity contribution is 6.30. The molecular weight excluding hydrogens is 397 g/mol. The van der Waals surface area contributed by atoms with E-state index in [-0.39, 0.29) is 18.3 Å². The van der Waals surface area contributed by atoms with Crippen molar-refractivity contribution < 1.29 is 9.53 Å². The number of carbonyl (C=O) groups is 1. The fourth-order valence-electron chi connectivity index (χ4n) is 3.79. The van der Waals surface area contributed by atoms with Crippen LogP contribution in [0, 0.1) is 0 Å². The zero-order chi connectivity index (χ0) is 18.6. The highest BCUT2D eigenvalue weighted by atomic mass is 35.5. The molecule has 150 valence electrons. The van der Waals surface area contributed by atoms with Crippen molar-refractivity contribution in [2.45, 2.75) is 12.5 Å². The van der Waals surface area contributed by atoms with E-state index in [0.717, 1.165) is 45.7 Å². The first kappa shape index (κ1) is 20.9. The van der Waals surface area contributed by atoms with Crippen LogP contribution >= 0.6 is 24.0 Å². The molecule has 1 atom stereocenters. The van der Waals surface area contributed by atoms with E-state index in [1.54, 1.807) is 12.1 Å². The fourth-order valence-corrected chi connectivity index (χ4v) is 3.97. The standard InChI is InChI=1S/C21H24ClN3O2.ClH/c22-17-2-1-3-20(14-17)27-19-6-4-16(5-7-19)21(26)25-11-8-18(15-25)24-12-9-23-10-13-24;/h1-7,14,18,23H,8-13,15H2;1H. The predicted molar refractivity (Wildman–Crippen MR) is 114 cm³/mol. The first-order valence-electron chi connectivity index (χ1n) is 9.46. The molecule has 0 spiro atoms. The molecule has 2 aliphatic rings. The number of amides is 1. The quantitative estimate of drug-likeness (QED) is 0.817. The molecule has 0 aliphatic carbocycles. The Morgan fingerprint density at radius 2 is 1.79 bits per heavy atom. The van der Waals surface area contributed by atoms with Crippen molar-refractivity contribution >= 4 is 29.9 Å². The highest BCUT2D eigenvalue weighted by Gasteiger charge is 2.31. The van der Waals surface area contributed by atoms with Crippen LogP contribution in [-0.4, -0.2) is 61.0 Å². The van der Waals surface area contributed by atoms with Crippen LogP contribution in [0.3, 0.4) is 0 Å². The van der Waals surface area contributed by atoms with Crippen LogP contribution in [-0.2, 0) is 0 Å².